The molecule has 1 aliphatic heterocycles. The molecule has 1 aromatic carbocycles. The molecule has 0 radical (unpaired) electrons. The molecule has 110 valence electrons. The third kappa shape index (κ3) is 3.16. The molecule has 6 heteroatoms. The van der Waals surface area contributed by atoms with E-state index < -0.39 is 0 Å². The second-order valence-electron chi connectivity index (χ2n) is 4.96. The fraction of sp³-hybridized carbons (Fsp3) is 0.333. The summed E-state index contributed by atoms with van der Waals surface area (Å²) in [5, 5.41) is 4.08. The summed E-state index contributed by atoms with van der Waals surface area (Å²) >= 11 is 1.33. The highest BCUT2D eigenvalue weighted by atomic mass is 32.1. The number of nitrogens with zero attached hydrogens (tertiary/aromatic N) is 2. The normalized spacial score (nSPS) is 17.8. The number of nitrogens with one attached hydrogen (secondary N) is 1. The molecule has 0 spiro atoms. The fourth-order valence-corrected chi connectivity index (χ4v) is 3.15. The molecule has 1 saturated heterocycles. The molecule has 1 aromatic heterocycles. The van der Waals surface area contributed by atoms with Crippen LogP contribution in [0.1, 0.15) is 17.9 Å². The first kappa shape index (κ1) is 13.9. The van der Waals surface area contributed by atoms with Gasteiger partial charge in [-0.05, 0) is 12.0 Å². The zero-order chi connectivity index (χ0) is 14.7. The molecule has 5 nitrogen and oxygen atoms in total. The van der Waals surface area contributed by atoms with E-state index in [1.807, 2.05) is 23.1 Å². The Morgan fingerprint density at radius 2 is 2.24 bits per heavy atom. The molecule has 1 N–H and O–H groups in total. The van der Waals surface area contributed by atoms with Crippen LogP contribution in [0.2, 0.25) is 0 Å². The highest BCUT2D eigenvalue weighted by molar-refractivity contribution is 7.17. The standard InChI is InChI=1S/C15H17N3O2S/c1-20-13-9-16-14(21-13)17-15(19)18-8-7-12(10-18)11-5-3-2-4-6-11/h2-6,9,12H,7-8,10H2,1H3,(H,16,17,19)/t12-/m0/s1. The van der Waals surface area contributed by atoms with Crippen LogP contribution >= 0.6 is 11.3 Å². The first-order valence-corrected chi connectivity index (χ1v) is 7.68. The van der Waals surface area contributed by atoms with E-state index in [4.69, 9.17) is 4.74 Å². The molecule has 0 bridgehead atoms. The lowest BCUT2D eigenvalue weighted by molar-refractivity contribution is 0.222. The van der Waals surface area contributed by atoms with Crippen molar-refractivity contribution < 1.29 is 9.53 Å². The molecule has 2 amide bonds. The third-order valence-electron chi connectivity index (χ3n) is 3.65. The molecule has 1 aliphatic rings. The molecular weight excluding hydrogens is 286 g/mol. The van der Waals surface area contributed by atoms with Crippen LogP contribution in [0.25, 0.3) is 0 Å². The van der Waals surface area contributed by atoms with Crippen LogP contribution in [0, 0.1) is 0 Å². The topological polar surface area (TPSA) is 54.5 Å². The summed E-state index contributed by atoms with van der Waals surface area (Å²) in [6.07, 6.45) is 2.61. The van der Waals surface area contributed by atoms with Gasteiger partial charge in [0.2, 0.25) is 0 Å². The number of urea groups is 1. The Balaban J connectivity index is 1.59. The molecule has 1 fully saturated rings. The molecule has 0 saturated carbocycles. The number of hydrogen-bond acceptors (Lipinski definition) is 4. The van der Waals surface area contributed by atoms with Crippen molar-refractivity contribution >= 4 is 22.5 Å². The van der Waals surface area contributed by atoms with Crippen LogP contribution in [-0.4, -0.2) is 36.1 Å². The zero-order valence-corrected chi connectivity index (χ0v) is 12.6. The highest BCUT2D eigenvalue weighted by Gasteiger charge is 2.27. The number of hydrogen-bond donors (Lipinski definition) is 1. The lowest BCUT2D eigenvalue weighted by atomic mass is 9.99. The minimum atomic E-state index is -0.0922. The SMILES string of the molecule is COc1cnc(NC(=O)N2CC[C@H](c3ccccc3)C2)s1. The lowest BCUT2D eigenvalue weighted by Gasteiger charge is -2.16. The quantitative estimate of drug-likeness (QED) is 0.947. The van der Waals surface area contributed by atoms with Gasteiger partial charge in [0.1, 0.15) is 0 Å². The number of amides is 2. The first-order valence-electron chi connectivity index (χ1n) is 6.87. The van der Waals surface area contributed by atoms with Gasteiger partial charge in [-0.3, -0.25) is 5.32 Å². The van der Waals surface area contributed by atoms with Crippen LogP contribution in [0.4, 0.5) is 9.93 Å². The Labute approximate surface area is 127 Å². The van der Waals surface area contributed by atoms with Crippen molar-refractivity contribution in [3.63, 3.8) is 0 Å². The van der Waals surface area contributed by atoms with Crippen molar-refractivity contribution in [2.45, 2.75) is 12.3 Å². The van der Waals surface area contributed by atoms with Gasteiger partial charge in [0.05, 0.1) is 13.3 Å². The number of benzene rings is 1. The zero-order valence-electron chi connectivity index (χ0n) is 11.8. The molecule has 1 atom stereocenters. The van der Waals surface area contributed by atoms with Crippen molar-refractivity contribution in [3.05, 3.63) is 42.1 Å². The molecule has 2 heterocycles. The summed E-state index contributed by atoms with van der Waals surface area (Å²) in [6, 6.07) is 10.2. The van der Waals surface area contributed by atoms with Crippen LogP contribution in [0.5, 0.6) is 5.06 Å². The van der Waals surface area contributed by atoms with E-state index in [1.54, 1.807) is 13.3 Å². The Morgan fingerprint density at radius 3 is 2.95 bits per heavy atom. The van der Waals surface area contributed by atoms with Gasteiger partial charge in [-0.1, -0.05) is 41.7 Å². The van der Waals surface area contributed by atoms with Gasteiger partial charge in [0.15, 0.2) is 10.2 Å². The monoisotopic (exact) mass is 303 g/mol. The van der Waals surface area contributed by atoms with Crippen molar-refractivity contribution in [2.75, 3.05) is 25.5 Å². The lowest BCUT2D eigenvalue weighted by Crippen LogP contribution is -2.32. The molecule has 0 unspecified atom stereocenters. The maximum absolute atomic E-state index is 12.2. The Bertz CT molecular complexity index is 614. The van der Waals surface area contributed by atoms with E-state index in [1.165, 1.54) is 16.9 Å². The van der Waals surface area contributed by atoms with E-state index in [9.17, 15) is 4.79 Å². The van der Waals surface area contributed by atoms with Gasteiger partial charge in [-0.25, -0.2) is 9.78 Å². The molecular formula is C15H17N3O2S. The summed E-state index contributed by atoms with van der Waals surface area (Å²) in [4.78, 5) is 18.2. The second-order valence-corrected chi connectivity index (χ2v) is 5.95. The second kappa shape index (κ2) is 6.13. The Kier molecular flexibility index (Phi) is 4.06. The van der Waals surface area contributed by atoms with Crippen LogP contribution in [-0.2, 0) is 0 Å². The van der Waals surface area contributed by atoms with E-state index >= 15 is 0 Å². The van der Waals surface area contributed by atoms with E-state index in [-0.39, 0.29) is 6.03 Å². The maximum atomic E-state index is 12.2. The van der Waals surface area contributed by atoms with Crippen molar-refractivity contribution in [1.29, 1.82) is 0 Å². The van der Waals surface area contributed by atoms with Crippen LogP contribution in [0.15, 0.2) is 36.5 Å². The minimum absolute atomic E-state index is 0.0922. The number of aromatic nitrogens is 1. The van der Waals surface area contributed by atoms with Gasteiger partial charge in [0, 0.05) is 19.0 Å². The number of thiazole rings is 1. The van der Waals surface area contributed by atoms with Crippen LogP contribution in [0.3, 0.4) is 0 Å². The first-order chi connectivity index (χ1) is 10.3. The predicted molar refractivity (Wildman–Crippen MR) is 83.1 cm³/mol. The van der Waals surface area contributed by atoms with Crippen molar-refractivity contribution in [2.24, 2.45) is 0 Å². The largest absolute Gasteiger partial charge is 0.486 e. The van der Waals surface area contributed by atoms with E-state index in [2.05, 4.69) is 22.4 Å². The van der Waals surface area contributed by atoms with Crippen LogP contribution < -0.4 is 10.1 Å². The molecule has 21 heavy (non-hydrogen) atoms. The fourth-order valence-electron chi connectivity index (χ4n) is 2.52. The number of ether oxygens (including phenoxy) is 1. The van der Waals surface area contributed by atoms with Gasteiger partial charge in [-0.2, -0.15) is 0 Å². The summed E-state index contributed by atoms with van der Waals surface area (Å²) in [5.74, 6) is 0.419. The summed E-state index contributed by atoms with van der Waals surface area (Å²) in [6.45, 7) is 1.52. The van der Waals surface area contributed by atoms with Gasteiger partial charge < -0.3 is 9.64 Å². The maximum Gasteiger partial charge on any atom is 0.323 e. The van der Waals surface area contributed by atoms with E-state index in [0.29, 0.717) is 16.1 Å². The third-order valence-corrected chi connectivity index (χ3v) is 4.52. The average Bonchev–Trinajstić information content (AvgIpc) is 3.17. The molecule has 2 aromatic rings. The van der Waals surface area contributed by atoms with Crippen molar-refractivity contribution in [1.82, 2.24) is 9.88 Å². The Hall–Kier alpha value is -2.08. The molecule has 0 aliphatic carbocycles. The predicted octanol–water partition coefficient (Wildman–Crippen LogP) is 3.17. The minimum Gasteiger partial charge on any atom is -0.486 e. The number of carbonyl (C=O) groups is 1. The van der Waals surface area contributed by atoms with Crippen molar-refractivity contribution in [3.8, 4) is 5.06 Å². The number of rotatable bonds is 3. The Morgan fingerprint density at radius 1 is 1.43 bits per heavy atom. The average molecular weight is 303 g/mol. The smallest absolute Gasteiger partial charge is 0.323 e. The van der Waals surface area contributed by atoms with Gasteiger partial charge in [-0.15, -0.1) is 0 Å². The number of likely N-dealkylation sites (tertiary alicyclic amines) is 1. The molecule has 3 rings (SSSR count). The van der Waals surface area contributed by atoms with E-state index in [0.717, 1.165) is 19.5 Å². The number of carbonyl (C=O) groups excluding carboxylic acids is 1. The summed E-state index contributed by atoms with van der Waals surface area (Å²) < 4.78 is 5.07. The van der Waals surface area contributed by atoms with Gasteiger partial charge in [0.25, 0.3) is 0 Å². The number of methoxy groups -OCH3 is 1. The number of anilines is 1. The summed E-state index contributed by atoms with van der Waals surface area (Å²) in [5.41, 5.74) is 1.30. The van der Waals surface area contributed by atoms with Gasteiger partial charge >= 0.3 is 6.03 Å². The summed E-state index contributed by atoms with van der Waals surface area (Å²) in [7, 11) is 1.59. The highest BCUT2D eigenvalue weighted by Crippen LogP contribution is 2.29.